The standard InChI is InChI=1S/C37H28N2S/c1-37(2,3)32-16-8-15-29-28-14-7-13-26(34(28)40-35(29)32)25-10-6-9-23(21-25)24-17-18-33-31(22-24)27-11-4-5-12-30(27)36-38-19-20-39(33)36/h4-22H,1-3H3. The van der Waals surface area contributed by atoms with Gasteiger partial charge in [-0.3, -0.25) is 4.40 Å². The van der Waals surface area contributed by atoms with E-state index in [9.17, 15) is 0 Å². The van der Waals surface area contributed by atoms with E-state index in [4.69, 9.17) is 0 Å². The Kier molecular flexibility index (Phi) is 4.98. The Labute approximate surface area is 237 Å². The van der Waals surface area contributed by atoms with Gasteiger partial charge in [0, 0.05) is 43.3 Å². The number of rotatable bonds is 2. The molecular weight excluding hydrogens is 504 g/mol. The van der Waals surface area contributed by atoms with Crippen LogP contribution in [-0.2, 0) is 5.41 Å². The minimum atomic E-state index is 0.100. The number of benzene rings is 5. The molecule has 5 aromatic carbocycles. The van der Waals surface area contributed by atoms with Gasteiger partial charge in [0.25, 0.3) is 0 Å². The van der Waals surface area contributed by atoms with Crippen molar-refractivity contribution in [2.45, 2.75) is 26.2 Å². The van der Waals surface area contributed by atoms with Crippen LogP contribution in [0.2, 0.25) is 0 Å². The smallest absolute Gasteiger partial charge is 0.145 e. The number of thiophene rings is 1. The Bertz CT molecular complexity index is 2260. The quantitative estimate of drug-likeness (QED) is 0.202. The molecule has 0 aliphatic carbocycles. The number of aromatic nitrogens is 2. The van der Waals surface area contributed by atoms with Crippen molar-refractivity contribution in [2.75, 3.05) is 0 Å². The van der Waals surface area contributed by atoms with Crippen LogP contribution in [0.25, 0.3) is 69.7 Å². The highest BCUT2D eigenvalue weighted by molar-refractivity contribution is 7.26. The Balaban J connectivity index is 1.32. The number of imidazole rings is 1. The zero-order valence-electron chi connectivity index (χ0n) is 22.8. The molecule has 192 valence electrons. The van der Waals surface area contributed by atoms with Crippen molar-refractivity contribution in [3.63, 3.8) is 0 Å². The van der Waals surface area contributed by atoms with E-state index in [0.29, 0.717) is 0 Å². The molecule has 40 heavy (non-hydrogen) atoms. The van der Waals surface area contributed by atoms with Crippen LogP contribution in [0.3, 0.4) is 0 Å². The molecule has 8 rings (SSSR count). The van der Waals surface area contributed by atoms with E-state index >= 15 is 0 Å². The van der Waals surface area contributed by atoms with Gasteiger partial charge in [0.1, 0.15) is 5.65 Å². The van der Waals surface area contributed by atoms with E-state index in [1.807, 2.05) is 17.5 Å². The summed E-state index contributed by atoms with van der Waals surface area (Å²) in [4.78, 5) is 4.65. The molecule has 3 aromatic heterocycles. The molecular formula is C37H28N2S. The molecule has 0 aliphatic heterocycles. The molecule has 0 amide bonds. The lowest BCUT2D eigenvalue weighted by molar-refractivity contribution is 0.597. The number of hydrogen-bond acceptors (Lipinski definition) is 2. The van der Waals surface area contributed by atoms with Crippen LogP contribution in [0, 0.1) is 0 Å². The van der Waals surface area contributed by atoms with Gasteiger partial charge in [-0.2, -0.15) is 0 Å². The van der Waals surface area contributed by atoms with Crippen molar-refractivity contribution in [1.82, 2.24) is 9.38 Å². The van der Waals surface area contributed by atoms with Crippen LogP contribution < -0.4 is 0 Å². The molecule has 2 nitrogen and oxygen atoms in total. The van der Waals surface area contributed by atoms with Gasteiger partial charge in [-0.25, -0.2) is 4.98 Å². The number of fused-ring (bicyclic) bond motifs is 9. The second kappa shape index (κ2) is 8.51. The molecule has 0 bridgehead atoms. The van der Waals surface area contributed by atoms with E-state index in [-0.39, 0.29) is 5.41 Å². The predicted octanol–water partition coefficient (Wildman–Crippen LogP) is 10.6. The lowest BCUT2D eigenvalue weighted by Gasteiger charge is -2.19. The van der Waals surface area contributed by atoms with Crippen LogP contribution in [0.4, 0.5) is 0 Å². The van der Waals surface area contributed by atoms with Gasteiger partial charge >= 0.3 is 0 Å². The minimum absolute atomic E-state index is 0.100. The van der Waals surface area contributed by atoms with E-state index in [2.05, 4.69) is 139 Å². The van der Waals surface area contributed by atoms with Crippen LogP contribution in [-0.4, -0.2) is 9.38 Å². The van der Waals surface area contributed by atoms with Gasteiger partial charge in [-0.05, 0) is 56.8 Å². The average Bonchev–Trinajstić information content (AvgIpc) is 3.62. The third kappa shape index (κ3) is 3.44. The van der Waals surface area contributed by atoms with Crippen molar-refractivity contribution in [1.29, 1.82) is 0 Å². The first-order chi connectivity index (χ1) is 19.5. The second-order valence-corrected chi connectivity index (χ2v) is 12.7. The number of pyridine rings is 1. The largest absolute Gasteiger partial charge is 0.299 e. The molecule has 0 fully saturated rings. The molecule has 0 aliphatic rings. The summed E-state index contributed by atoms with van der Waals surface area (Å²) in [7, 11) is 0. The fraction of sp³-hybridized carbons (Fsp3) is 0.108. The molecule has 0 unspecified atom stereocenters. The number of nitrogens with zero attached hydrogens (tertiary/aromatic N) is 2. The van der Waals surface area contributed by atoms with Crippen molar-refractivity contribution in [2.24, 2.45) is 0 Å². The van der Waals surface area contributed by atoms with Crippen LogP contribution >= 0.6 is 11.3 Å². The fourth-order valence-electron chi connectivity index (χ4n) is 6.26. The Morgan fingerprint density at radius 3 is 2.15 bits per heavy atom. The van der Waals surface area contributed by atoms with Gasteiger partial charge in [0.2, 0.25) is 0 Å². The summed E-state index contributed by atoms with van der Waals surface area (Å²) in [6.45, 7) is 6.92. The minimum Gasteiger partial charge on any atom is -0.299 e. The van der Waals surface area contributed by atoms with Crippen molar-refractivity contribution >= 4 is 58.8 Å². The van der Waals surface area contributed by atoms with Gasteiger partial charge in [0.15, 0.2) is 0 Å². The summed E-state index contributed by atoms with van der Waals surface area (Å²) in [5, 5.41) is 6.36. The van der Waals surface area contributed by atoms with Crippen LogP contribution in [0.15, 0.2) is 116 Å². The maximum atomic E-state index is 4.65. The predicted molar refractivity (Wildman–Crippen MR) is 173 cm³/mol. The lowest BCUT2D eigenvalue weighted by atomic mass is 9.86. The summed E-state index contributed by atoms with van der Waals surface area (Å²) in [6.07, 6.45) is 3.94. The molecule has 0 saturated heterocycles. The molecule has 3 heteroatoms. The highest BCUT2D eigenvalue weighted by Crippen LogP contribution is 2.44. The third-order valence-electron chi connectivity index (χ3n) is 8.19. The first-order valence-electron chi connectivity index (χ1n) is 13.8. The Hall–Kier alpha value is -4.47. The van der Waals surface area contributed by atoms with E-state index in [0.717, 1.165) is 5.65 Å². The highest BCUT2D eigenvalue weighted by atomic mass is 32.1. The van der Waals surface area contributed by atoms with Gasteiger partial charge < -0.3 is 0 Å². The van der Waals surface area contributed by atoms with Crippen molar-refractivity contribution in [3.8, 4) is 22.3 Å². The van der Waals surface area contributed by atoms with E-state index < -0.39 is 0 Å². The zero-order chi connectivity index (χ0) is 27.0. The van der Waals surface area contributed by atoms with Gasteiger partial charge in [0.05, 0.1) is 5.52 Å². The first-order valence-corrected chi connectivity index (χ1v) is 14.6. The maximum Gasteiger partial charge on any atom is 0.145 e. The zero-order valence-corrected chi connectivity index (χ0v) is 23.6. The first kappa shape index (κ1) is 23.4. The molecule has 0 spiro atoms. The monoisotopic (exact) mass is 532 g/mol. The maximum absolute atomic E-state index is 4.65. The SMILES string of the molecule is CC(C)(C)c1cccc2c1sc1c(-c3cccc(-c4ccc5c(c4)c4ccccc4c4nccn54)c3)cccc12. The molecule has 0 radical (unpaired) electrons. The summed E-state index contributed by atoms with van der Waals surface area (Å²) in [5.74, 6) is 0. The Morgan fingerprint density at radius 2 is 1.30 bits per heavy atom. The van der Waals surface area contributed by atoms with E-state index in [1.54, 1.807) is 0 Å². The summed E-state index contributed by atoms with van der Waals surface area (Å²) < 4.78 is 4.96. The normalized spacial score (nSPS) is 12.4. The molecule has 3 heterocycles. The second-order valence-electron chi connectivity index (χ2n) is 11.7. The topological polar surface area (TPSA) is 17.3 Å². The average molecular weight is 533 g/mol. The van der Waals surface area contributed by atoms with Crippen molar-refractivity contribution < 1.29 is 0 Å². The summed E-state index contributed by atoms with van der Waals surface area (Å²) in [6, 6.07) is 38.0. The van der Waals surface area contributed by atoms with Crippen molar-refractivity contribution in [3.05, 3.63) is 121 Å². The highest BCUT2D eigenvalue weighted by Gasteiger charge is 2.20. The molecule has 0 atom stereocenters. The van der Waals surface area contributed by atoms with E-state index in [1.165, 1.54) is 69.7 Å². The third-order valence-corrected chi connectivity index (χ3v) is 9.48. The summed E-state index contributed by atoms with van der Waals surface area (Å²) >= 11 is 1.93. The van der Waals surface area contributed by atoms with Gasteiger partial charge in [-0.1, -0.05) is 106 Å². The van der Waals surface area contributed by atoms with Gasteiger partial charge in [-0.15, -0.1) is 11.3 Å². The molecule has 0 saturated carbocycles. The Morgan fingerprint density at radius 1 is 0.600 bits per heavy atom. The molecule has 8 aromatic rings. The summed E-state index contributed by atoms with van der Waals surface area (Å²) in [5.41, 5.74) is 8.69. The fourth-order valence-corrected chi connectivity index (χ4v) is 7.82. The van der Waals surface area contributed by atoms with Crippen LogP contribution in [0.1, 0.15) is 26.3 Å². The lowest BCUT2D eigenvalue weighted by Crippen LogP contribution is -2.10. The van der Waals surface area contributed by atoms with Crippen LogP contribution in [0.5, 0.6) is 0 Å². The number of hydrogen-bond donors (Lipinski definition) is 0. The molecule has 0 N–H and O–H groups in total.